The highest BCUT2D eigenvalue weighted by Crippen LogP contribution is 2.26. The number of aliphatic imine (C=N–C) groups is 1. The summed E-state index contributed by atoms with van der Waals surface area (Å²) >= 11 is 1.79. The Morgan fingerprint density at radius 3 is 2.62 bits per heavy atom. The van der Waals surface area contributed by atoms with Crippen molar-refractivity contribution in [3.63, 3.8) is 0 Å². The molecule has 0 radical (unpaired) electrons. The summed E-state index contributed by atoms with van der Waals surface area (Å²) in [7, 11) is 1.80. The standard InChI is InChI=1S/C17H26N4OS.HI/c1-12-14(13(2)22-21-12)8-9-19-16(18-5)20-11-17(3,4)15-7-6-10-23-15;/h6-7,10H,8-9,11H2,1-5H3,(H2,18,19,20);1H. The lowest BCUT2D eigenvalue weighted by Gasteiger charge is -2.25. The van der Waals surface area contributed by atoms with Crippen LogP contribution in [-0.2, 0) is 11.8 Å². The van der Waals surface area contributed by atoms with Gasteiger partial charge in [0.15, 0.2) is 5.96 Å². The minimum absolute atomic E-state index is 0. The molecule has 2 rings (SSSR count). The van der Waals surface area contributed by atoms with Crippen molar-refractivity contribution in [2.24, 2.45) is 4.99 Å². The molecule has 0 saturated carbocycles. The van der Waals surface area contributed by atoms with Crippen LogP contribution in [0.3, 0.4) is 0 Å². The van der Waals surface area contributed by atoms with Crippen molar-refractivity contribution in [3.05, 3.63) is 39.4 Å². The number of nitrogens with zero attached hydrogens (tertiary/aromatic N) is 2. The minimum atomic E-state index is 0. The molecule has 0 amide bonds. The van der Waals surface area contributed by atoms with Crippen LogP contribution in [0, 0.1) is 13.8 Å². The van der Waals surface area contributed by atoms with Gasteiger partial charge in [0.05, 0.1) is 5.69 Å². The lowest BCUT2D eigenvalue weighted by molar-refractivity contribution is 0.392. The maximum absolute atomic E-state index is 5.19. The zero-order valence-electron chi connectivity index (χ0n) is 15.0. The van der Waals surface area contributed by atoms with E-state index in [1.807, 2.05) is 13.8 Å². The molecular formula is C17H27IN4OS. The molecular weight excluding hydrogens is 435 g/mol. The molecule has 2 N–H and O–H groups in total. The van der Waals surface area contributed by atoms with Crippen molar-refractivity contribution in [2.75, 3.05) is 20.1 Å². The molecule has 0 fully saturated rings. The molecule has 2 heterocycles. The second-order valence-corrected chi connectivity index (χ2v) is 7.21. The maximum Gasteiger partial charge on any atom is 0.191 e. The molecule has 24 heavy (non-hydrogen) atoms. The predicted octanol–water partition coefficient (Wildman–Crippen LogP) is 3.66. The summed E-state index contributed by atoms with van der Waals surface area (Å²) in [4.78, 5) is 5.67. The first kappa shape index (κ1) is 21.0. The van der Waals surface area contributed by atoms with Gasteiger partial charge in [0.1, 0.15) is 5.76 Å². The zero-order chi connectivity index (χ0) is 16.9. The molecule has 0 bridgehead atoms. The Labute approximate surface area is 165 Å². The summed E-state index contributed by atoms with van der Waals surface area (Å²) in [5, 5.41) is 12.9. The first-order valence-corrected chi connectivity index (χ1v) is 8.72. The molecule has 134 valence electrons. The quantitative estimate of drug-likeness (QED) is 0.391. The van der Waals surface area contributed by atoms with E-state index in [4.69, 9.17) is 4.52 Å². The van der Waals surface area contributed by atoms with Gasteiger partial charge in [-0.15, -0.1) is 35.3 Å². The number of thiophene rings is 1. The molecule has 0 aliphatic rings. The predicted molar refractivity (Wildman–Crippen MR) is 112 cm³/mol. The van der Waals surface area contributed by atoms with Crippen LogP contribution in [0.4, 0.5) is 0 Å². The highest BCUT2D eigenvalue weighted by atomic mass is 127. The molecule has 7 heteroatoms. The van der Waals surface area contributed by atoms with Gasteiger partial charge in [-0.3, -0.25) is 4.99 Å². The van der Waals surface area contributed by atoms with Gasteiger partial charge < -0.3 is 15.2 Å². The SMILES string of the molecule is CN=C(NCCc1c(C)noc1C)NCC(C)(C)c1cccs1.I. The molecule has 0 atom stereocenters. The summed E-state index contributed by atoms with van der Waals surface area (Å²) in [6.07, 6.45) is 0.871. The first-order valence-electron chi connectivity index (χ1n) is 7.84. The fourth-order valence-electron chi connectivity index (χ4n) is 2.44. The lowest BCUT2D eigenvalue weighted by atomic mass is 9.91. The van der Waals surface area contributed by atoms with Gasteiger partial charge in [0.2, 0.25) is 0 Å². The van der Waals surface area contributed by atoms with Crippen LogP contribution in [0.25, 0.3) is 0 Å². The summed E-state index contributed by atoms with van der Waals surface area (Å²) in [5.41, 5.74) is 2.21. The Morgan fingerprint density at radius 1 is 1.33 bits per heavy atom. The number of halogens is 1. The number of aromatic nitrogens is 1. The lowest BCUT2D eigenvalue weighted by Crippen LogP contribution is -2.43. The molecule has 0 aliphatic carbocycles. The second kappa shape index (κ2) is 9.41. The van der Waals surface area contributed by atoms with Gasteiger partial charge >= 0.3 is 0 Å². The van der Waals surface area contributed by atoms with Crippen molar-refractivity contribution in [1.82, 2.24) is 15.8 Å². The van der Waals surface area contributed by atoms with Crippen molar-refractivity contribution >= 4 is 41.3 Å². The number of aryl methyl sites for hydroxylation is 2. The molecule has 2 aromatic rings. The van der Waals surface area contributed by atoms with Crippen LogP contribution in [0.5, 0.6) is 0 Å². The largest absolute Gasteiger partial charge is 0.361 e. The topological polar surface area (TPSA) is 62.5 Å². The van der Waals surface area contributed by atoms with E-state index in [-0.39, 0.29) is 29.4 Å². The van der Waals surface area contributed by atoms with Gasteiger partial charge in [-0.2, -0.15) is 0 Å². The van der Waals surface area contributed by atoms with Gasteiger partial charge in [0.25, 0.3) is 0 Å². The Balaban J connectivity index is 0.00000288. The summed E-state index contributed by atoms with van der Waals surface area (Å²) in [6.45, 7) is 10.0. The van der Waals surface area contributed by atoms with Crippen LogP contribution in [0.1, 0.15) is 35.7 Å². The number of hydrogen-bond acceptors (Lipinski definition) is 4. The van der Waals surface area contributed by atoms with Crippen molar-refractivity contribution in [2.45, 2.75) is 39.5 Å². The fraction of sp³-hybridized carbons (Fsp3) is 0.529. The van der Waals surface area contributed by atoms with Gasteiger partial charge in [0, 0.05) is 36.0 Å². The molecule has 0 spiro atoms. The smallest absolute Gasteiger partial charge is 0.191 e. The van der Waals surface area contributed by atoms with Crippen molar-refractivity contribution < 1.29 is 4.52 Å². The molecule has 0 aliphatic heterocycles. The van der Waals surface area contributed by atoms with E-state index in [0.717, 1.165) is 36.9 Å². The van der Waals surface area contributed by atoms with E-state index in [2.05, 4.69) is 52.1 Å². The van der Waals surface area contributed by atoms with E-state index in [0.29, 0.717) is 0 Å². The Kier molecular flexibility index (Phi) is 8.21. The van der Waals surface area contributed by atoms with Crippen LogP contribution in [-0.4, -0.2) is 31.3 Å². The fourth-order valence-corrected chi connectivity index (χ4v) is 3.29. The van der Waals surface area contributed by atoms with Crippen molar-refractivity contribution in [1.29, 1.82) is 0 Å². The highest BCUT2D eigenvalue weighted by Gasteiger charge is 2.21. The van der Waals surface area contributed by atoms with Gasteiger partial charge in [-0.1, -0.05) is 25.1 Å². The molecule has 2 aromatic heterocycles. The van der Waals surface area contributed by atoms with E-state index in [1.165, 1.54) is 10.4 Å². The molecule has 0 unspecified atom stereocenters. The first-order chi connectivity index (χ1) is 10.9. The van der Waals surface area contributed by atoms with Crippen LogP contribution < -0.4 is 10.6 Å². The van der Waals surface area contributed by atoms with E-state index in [9.17, 15) is 0 Å². The van der Waals surface area contributed by atoms with Gasteiger partial charge in [-0.05, 0) is 31.7 Å². The van der Waals surface area contributed by atoms with Crippen LogP contribution in [0.2, 0.25) is 0 Å². The Morgan fingerprint density at radius 2 is 2.08 bits per heavy atom. The minimum Gasteiger partial charge on any atom is -0.361 e. The molecule has 5 nitrogen and oxygen atoms in total. The van der Waals surface area contributed by atoms with Crippen LogP contribution >= 0.6 is 35.3 Å². The van der Waals surface area contributed by atoms with E-state index >= 15 is 0 Å². The molecule has 0 aromatic carbocycles. The zero-order valence-corrected chi connectivity index (χ0v) is 18.1. The van der Waals surface area contributed by atoms with Crippen molar-refractivity contribution in [3.8, 4) is 0 Å². The second-order valence-electron chi connectivity index (χ2n) is 6.27. The van der Waals surface area contributed by atoms with E-state index in [1.54, 1.807) is 18.4 Å². The Hall–Kier alpha value is -1.09. The van der Waals surface area contributed by atoms with E-state index < -0.39 is 0 Å². The third-order valence-electron chi connectivity index (χ3n) is 3.96. The number of hydrogen-bond donors (Lipinski definition) is 2. The van der Waals surface area contributed by atoms with Gasteiger partial charge in [-0.25, -0.2) is 0 Å². The third-order valence-corrected chi connectivity index (χ3v) is 5.19. The maximum atomic E-state index is 5.19. The monoisotopic (exact) mass is 462 g/mol. The average molecular weight is 462 g/mol. The number of guanidine groups is 1. The summed E-state index contributed by atoms with van der Waals surface area (Å²) in [5.74, 6) is 1.72. The third kappa shape index (κ3) is 5.47. The number of nitrogens with one attached hydrogen (secondary N) is 2. The normalized spacial score (nSPS) is 12.0. The highest BCUT2D eigenvalue weighted by molar-refractivity contribution is 14.0. The summed E-state index contributed by atoms with van der Waals surface area (Å²) < 4.78 is 5.19. The molecule has 0 saturated heterocycles. The average Bonchev–Trinajstić information content (AvgIpc) is 3.16. The number of rotatable bonds is 6. The van der Waals surface area contributed by atoms with Crippen LogP contribution in [0.15, 0.2) is 27.0 Å². The summed E-state index contributed by atoms with van der Waals surface area (Å²) in [6, 6.07) is 4.28. The Bertz CT molecular complexity index is 630.